The summed E-state index contributed by atoms with van der Waals surface area (Å²) >= 11 is 1.89. The van der Waals surface area contributed by atoms with Crippen LogP contribution in [0.15, 0.2) is 237 Å². The molecule has 0 unspecified atom stereocenters. The fraction of sp³-hybridized carbons (Fsp3) is 0. The van der Waals surface area contributed by atoms with Crippen LogP contribution in [0.5, 0.6) is 0 Å². The molecule has 2 heteroatoms. The van der Waals surface area contributed by atoms with Gasteiger partial charge >= 0.3 is 0 Å². The van der Waals surface area contributed by atoms with Crippen molar-refractivity contribution in [2.75, 3.05) is 4.90 Å². The molecule has 0 amide bonds. The molecule has 0 N–H and O–H groups in total. The van der Waals surface area contributed by atoms with Crippen LogP contribution in [0.3, 0.4) is 0 Å². The first-order valence-corrected chi connectivity index (χ1v) is 21.3. The van der Waals surface area contributed by atoms with Gasteiger partial charge in [-0.3, -0.25) is 0 Å². The van der Waals surface area contributed by atoms with Crippen LogP contribution in [-0.4, -0.2) is 0 Å². The van der Waals surface area contributed by atoms with E-state index in [-0.39, 0.29) is 0 Å². The third-order valence-corrected chi connectivity index (χ3v) is 13.0. The van der Waals surface area contributed by atoms with Crippen LogP contribution in [0.4, 0.5) is 17.1 Å². The zero-order chi connectivity index (χ0) is 39.8. The van der Waals surface area contributed by atoms with E-state index >= 15 is 0 Å². The molecule has 0 fully saturated rings. The third kappa shape index (κ3) is 6.35. The fourth-order valence-corrected chi connectivity index (χ4v) is 10.2. The molecular weight excluding hydrogens is 743 g/mol. The first-order valence-electron chi connectivity index (χ1n) is 20.5. The van der Waals surface area contributed by atoms with E-state index in [1.165, 1.54) is 86.6 Å². The lowest BCUT2D eigenvalue weighted by Crippen LogP contribution is -2.10. The molecule has 60 heavy (non-hydrogen) atoms. The number of fused-ring (bicyclic) bond motifs is 4. The van der Waals surface area contributed by atoms with E-state index in [2.05, 4.69) is 241 Å². The summed E-state index contributed by atoms with van der Waals surface area (Å²) in [6.07, 6.45) is 0. The number of hydrogen-bond acceptors (Lipinski definition) is 2. The quantitative estimate of drug-likeness (QED) is 0.148. The Morgan fingerprint density at radius 2 is 0.783 bits per heavy atom. The maximum Gasteiger partial charge on any atom is 0.0640 e. The molecule has 0 bridgehead atoms. The second-order valence-corrected chi connectivity index (χ2v) is 16.2. The highest BCUT2D eigenvalue weighted by Gasteiger charge is 2.22. The van der Waals surface area contributed by atoms with Crippen molar-refractivity contribution in [3.63, 3.8) is 0 Å². The number of nitrogens with zero attached hydrogens (tertiary/aromatic N) is 1. The monoisotopic (exact) mass is 781 g/mol. The zero-order valence-corrected chi connectivity index (χ0v) is 33.7. The second kappa shape index (κ2) is 15.3. The van der Waals surface area contributed by atoms with Gasteiger partial charge in [-0.1, -0.05) is 206 Å². The molecule has 1 aromatic heterocycles. The molecule has 282 valence electrons. The molecule has 0 atom stereocenters. The zero-order valence-electron chi connectivity index (χ0n) is 32.9. The summed E-state index contributed by atoms with van der Waals surface area (Å²) < 4.78 is 2.56. The Morgan fingerprint density at radius 3 is 1.45 bits per heavy atom. The number of thiophene rings is 1. The topological polar surface area (TPSA) is 3.24 Å². The van der Waals surface area contributed by atoms with Crippen molar-refractivity contribution in [3.05, 3.63) is 237 Å². The van der Waals surface area contributed by atoms with E-state index in [0.29, 0.717) is 0 Å². The number of benzene rings is 10. The number of rotatable bonds is 8. The average Bonchev–Trinajstić information content (AvgIpc) is 3.72. The van der Waals surface area contributed by atoms with Crippen LogP contribution in [0.25, 0.3) is 86.6 Å². The third-order valence-electron chi connectivity index (χ3n) is 11.7. The Hall–Kier alpha value is -7.52. The highest BCUT2D eigenvalue weighted by Crippen LogP contribution is 2.49. The highest BCUT2D eigenvalue weighted by atomic mass is 32.1. The summed E-state index contributed by atoms with van der Waals surface area (Å²) in [5.41, 5.74) is 15.5. The molecule has 11 rings (SSSR count). The van der Waals surface area contributed by atoms with Gasteiger partial charge in [-0.05, 0) is 96.7 Å². The van der Waals surface area contributed by atoms with Gasteiger partial charge in [0, 0.05) is 26.8 Å². The molecular formula is C58H39NS. The van der Waals surface area contributed by atoms with Crippen LogP contribution in [0.2, 0.25) is 0 Å². The van der Waals surface area contributed by atoms with Crippen molar-refractivity contribution >= 4 is 59.3 Å². The molecule has 11 aromatic rings. The standard InChI is InChI=1S/C58H39NS/c1-5-17-40(18-6-1)48-38-36-47(39-54(48)43-23-11-4-12-24-43)59(55-30-16-29-53-52-28-15-27-51(57(52)60-58(53)55)42-21-9-3-10-22-42)46-34-31-45(32-35-46)56-49-26-14-13-25-44(49)33-37-50(56)41-19-7-2-8-20-41/h1-39H. The van der Waals surface area contributed by atoms with Crippen molar-refractivity contribution in [3.8, 4) is 55.6 Å². The van der Waals surface area contributed by atoms with Crippen molar-refractivity contribution in [1.82, 2.24) is 0 Å². The average molecular weight is 782 g/mol. The van der Waals surface area contributed by atoms with Crippen LogP contribution in [-0.2, 0) is 0 Å². The minimum atomic E-state index is 1.10. The molecule has 0 aliphatic carbocycles. The van der Waals surface area contributed by atoms with Crippen LogP contribution >= 0.6 is 11.3 Å². The fourth-order valence-electron chi connectivity index (χ4n) is 8.87. The van der Waals surface area contributed by atoms with Crippen LogP contribution in [0, 0.1) is 0 Å². The van der Waals surface area contributed by atoms with Gasteiger partial charge in [0.1, 0.15) is 0 Å². The van der Waals surface area contributed by atoms with Crippen molar-refractivity contribution in [2.24, 2.45) is 0 Å². The summed E-state index contributed by atoms with van der Waals surface area (Å²) in [5, 5.41) is 5.02. The minimum absolute atomic E-state index is 1.10. The summed E-state index contributed by atoms with van der Waals surface area (Å²) in [6.45, 7) is 0. The summed E-state index contributed by atoms with van der Waals surface area (Å²) in [4.78, 5) is 2.46. The van der Waals surface area contributed by atoms with Gasteiger partial charge < -0.3 is 4.90 Å². The molecule has 1 nitrogen and oxygen atoms in total. The van der Waals surface area contributed by atoms with E-state index in [1.54, 1.807) is 0 Å². The first-order chi connectivity index (χ1) is 29.8. The molecule has 0 saturated heterocycles. The Kier molecular flexibility index (Phi) is 9.11. The Labute approximate surface area is 354 Å². The highest BCUT2D eigenvalue weighted by molar-refractivity contribution is 7.27. The van der Waals surface area contributed by atoms with E-state index < -0.39 is 0 Å². The summed E-state index contributed by atoms with van der Waals surface area (Å²) in [5.74, 6) is 0. The van der Waals surface area contributed by atoms with E-state index in [9.17, 15) is 0 Å². The summed E-state index contributed by atoms with van der Waals surface area (Å²) in [6, 6.07) is 86.1. The van der Waals surface area contributed by atoms with Gasteiger partial charge in [-0.25, -0.2) is 0 Å². The van der Waals surface area contributed by atoms with Gasteiger partial charge in [-0.2, -0.15) is 0 Å². The largest absolute Gasteiger partial charge is 0.309 e. The van der Waals surface area contributed by atoms with Gasteiger partial charge in [0.05, 0.1) is 10.4 Å². The van der Waals surface area contributed by atoms with Crippen molar-refractivity contribution < 1.29 is 0 Å². The minimum Gasteiger partial charge on any atom is -0.309 e. The predicted octanol–water partition coefficient (Wildman–Crippen LogP) is 17.0. The molecule has 0 radical (unpaired) electrons. The Bertz CT molecular complexity index is 3280. The van der Waals surface area contributed by atoms with E-state index in [1.807, 2.05) is 11.3 Å². The van der Waals surface area contributed by atoms with Crippen molar-refractivity contribution in [2.45, 2.75) is 0 Å². The molecule has 0 aliphatic heterocycles. The lowest BCUT2D eigenvalue weighted by molar-refractivity contribution is 1.30. The van der Waals surface area contributed by atoms with Gasteiger partial charge in [0.15, 0.2) is 0 Å². The summed E-state index contributed by atoms with van der Waals surface area (Å²) in [7, 11) is 0. The Balaban J connectivity index is 1.14. The lowest BCUT2D eigenvalue weighted by Gasteiger charge is -2.27. The SMILES string of the molecule is c1ccc(-c2ccc(N(c3ccc(-c4c(-c5ccccc5)ccc5ccccc45)cc3)c3cccc4c3sc3c(-c5ccccc5)cccc34)cc2-c2ccccc2)cc1. The molecule has 0 saturated carbocycles. The number of anilines is 3. The molecule has 0 spiro atoms. The maximum absolute atomic E-state index is 2.46. The molecule has 0 aliphatic rings. The van der Waals surface area contributed by atoms with Crippen LogP contribution < -0.4 is 4.90 Å². The smallest absolute Gasteiger partial charge is 0.0640 e. The van der Waals surface area contributed by atoms with Crippen molar-refractivity contribution in [1.29, 1.82) is 0 Å². The lowest BCUT2D eigenvalue weighted by atomic mass is 9.89. The van der Waals surface area contributed by atoms with E-state index in [4.69, 9.17) is 0 Å². The van der Waals surface area contributed by atoms with Gasteiger partial charge in [-0.15, -0.1) is 11.3 Å². The normalized spacial score (nSPS) is 11.3. The Morgan fingerprint density at radius 1 is 0.283 bits per heavy atom. The van der Waals surface area contributed by atoms with Crippen LogP contribution in [0.1, 0.15) is 0 Å². The number of hydrogen-bond donors (Lipinski definition) is 0. The predicted molar refractivity (Wildman–Crippen MR) is 259 cm³/mol. The van der Waals surface area contributed by atoms with Gasteiger partial charge in [0.2, 0.25) is 0 Å². The maximum atomic E-state index is 2.46. The van der Waals surface area contributed by atoms with E-state index in [0.717, 1.165) is 17.1 Å². The first kappa shape index (κ1) is 35.6. The van der Waals surface area contributed by atoms with Gasteiger partial charge in [0.25, 0.3) is 0 Å². The second-order valence-electron chi connectivity index (χ2n) is 15.2. The molecule has 1 heterocycles. The molecule has 10 aromatic carbocycles.